The highest BCUT2D eigenvalue weighted by molar-refractivity contribution is 14.1. The number of halogens is 1. The van der Waals surface area contributed by atoms with Gasteiger partial charge in [0.25, 0.3) is 0 Å². The molecule has 1 heterocycles. The fraction of sp³-hybridized carbons (Fsp3) is 0.0714. The Morgan fingerprint density at radius 2 is 2.17 bits per heavy atom. The number of rotatable bonds is 3. The van der Waals surface area contributed by atoms with E-state index >= 15 is 0 Å². The average molecular weight is 348 g/mol. The van der Waals surface area contributed by atoms with E-state index in [9.17, 15) is 10.1 Å². The number of hydrogen-bond donors (Lipinski definition) is 0. The molecule has 1 unspecified atom stereocenters. The number of Topliss-reactive ketones (excluding diaryl/α,β-unsaturated/α-hetero) is 1. The Bertz CT molecular complexity index is 605. The second-order valence-electron chi connectivity index (χ2n) is 3.72. The van der Waals surface area contributed by atoms with Gasteiger partial charge in [-0.3, -0.25) is 9.78 Å². The molecule has 0 fully saturated rings. The molecule has 0 N–H and O–H groups in total. The van der Waals surface area contributed by atoms with E-state index in [-0.39, 0.29) is 5.78 Å². The van der Waals surface area contributed by atoms with Crippen LogP contribution in [0.1, 0.15) is 21.8 Å². The van der Waals surface area contributed by atoms with Gasteiger partial charge in [0.15, 0.2) is 5.78 Å². The Morgan fingerprint density at radius 3 is 2.78 bits per heavy atom. The van der Waals surface area contributed by atoms with Gasteiger partial charge < -0.3 is 0 Å². The zero-order chi connectivity index (χ0) is 13.0. The van der Waals surface area contributed by atoms with Gasteiger partial charge in [0.1, 0.15) is 5.92 Å². The summed E-state index contributed by atoms with van der Waals surface area (Å²) >= 11 is 2.14. The standard InChI is InChI=1S/C14H9IN2O/c15-12-5-1-3-10(7-12)14(18)13(8-16)11-4-2-6-17-9-11/h1-7,9,13H. The minimum absolute atomic E-state index is 0.191. The number of hydrogen-bond acceptors (Lipinski definition) is 3. The molecule has 0 saturated heterocycles. The molecular formula is C14H9IN2O. The molecule has 2 rings (SSSR count). The van der Waals surface area contributed by atoms with E-state index in [1.54, 1.807) is 36.7 Å². The van der Waals surface area contributed by atoms with E-state index in [2.05, 4.69) is 27.6 Å². The molecule has 0 amide bonds. The third kappa shape index (κ3) is 2.74. The lowest BCUT2D eigenvalue weighted by Crippen LogP contribution is -2.11. The normalized spacial score (nSPS) is 11.6. The summed E-state index contributed by atoms with van der Waals surface area (Å²) in [7, 11) is 0. The third-order valence-electron chi connectivity index (χ3n) is 2.52. The SMILES string of the molecule is N#CC(C(=O)c1cccc(I)c1)c1cccnc1. The van der Waals surface area contributed by atoms with Gasteiger partial charge in [-0.15, -0.1) is 0 Å². The number of nitriles is 1. The Kier molecular flexibility index (Phi) is 4.05. The molecular weight excluding hydrogens is 339 g/mol. The zero-order valence-corrected chi connectivity index (χ0v) is 11.5. The summed E-state index contributed by atoms with van der Waals surface area (Å²) in [6.45, 7) is 0. The fourth-order valence-electron chi connectivity index (χ4n) is 1.64. The van der Waals surface area contributed by atoms with Gasteiger partial charge >= 0.3 is 0 Å². The Hall–Kier alpha value is -1.74. The van der Waals surface area contributed by atoms with Crippen molar-refractivity contribution in [1.29, 1.82) is 5.26 Å². The summed E-state index contributed by atoms with van der Waals surface area (Å²) in [6.07, 6.45) is 3.17. The maximum absolute atomic E-state index is 12.3. The van der Waals surface area contributed by atoms with Crippen LogP contribution in [0.5, 0.6) is 0 Å². The van der Waals surface area contributed by atoms with E-state index in [0.717, 1.165) is 3.57 Å². The highest BCUT2D eigenvalue weighted by atomic mass is 127. The van der Waals surface area contributed by atoms with Gasteiger partial charge in [0.05, 0.1) is 6.07 Å². The molecule has 2 aromatic rings. The average Bonchev–Trinajstić information content (AvgIpc) is 2.41. The molecule has 0 saturated carbocycles. The lowest BCUT2D eigenvalue weighted by atomic mass is 9.93. The Balaban J connectivity index is 2.36. The number of ketones is 1. The molecule has 0 spiro atoms. The highest BCUT2D eigenvalue weighted by Crippen LogP contribution is 2.20. The number of nitrogens with zero attached hydrogens (tertiary/aromatic N) is 2. The number of carbonyl (C=O) groups is 1. The van der Waals surface area contributed by atoms with Crippen LogP contribution in [-0.2, 0) is 0 Å². The Labute approximate surface area is 119 Å². The summed E-state index contributed by atoms with van der Waals surface area (Å²) in [5.41, 5.74) is 1.18. The van der Waals surface area contributed by atoms with Crippen molar-refractivity contribution in [3.05, 3.63) is 63.5 Å². The van der Waals surface area contributed by atoms with Crippen LogP contribution in [0.3, 0.4) is 0 Å². The molecule has 88 valence electrons. The summed E-state index contributed by atoms with van der Waals surface area (Å²) in [5.74, 6) is -0.985. The van der Waals surface area contributed by atoms with Crippen LogP contribution < -0.4 is 0 Å². The monoisotopic (exact) mass is 348 g/mol. The number of aromatic nitrogens is 1. The summed E-state index contributed by atoms with van der Waals surface area (Å²) in [6, 6.07) is 12.7. The van der Waals surface area contributed by atoms with Crippen molar-refractivity contribution in [1.82, 2.24) is 4.98 Å². The van der Waals surface area contributed by atoms with E-state index in [1.165, 1.54) is 0 Å². The van der Waals surface area contributed by atoms with Crippen LogP contribution in [0, 0.1) is 14.9 Å². The van der Waals surface area contributed by atoms with Gasteiger partial charge in [0, 0.05) is 21.5 Å². The molecule has 0 aliphatic carbocycles. The van der Waals surface area contributed by atoms with Crippen molar-refractivity contribution in [2.45, 2.75) is 5.92 Å². The van der Waals surface area contributed by atoms with Gasteiger partial charge in [-0.25, -0.2) is 0 Å². The van der Waals surface area contributed by atoms with Crippen molar-refractivity contribution >= 4 is 28.4 Å². The van der Waals surface area contributed by atoms with Gasteiger partial charge in [-0.1, -0.05) is 18.2 Å². The second kappa shape index (κ2) is 5.74. The molecule has 0 bridgehead atoms. The van der Waals surface area contributed by atoms with Crippen molar-refractivity contribution in [3.8, 4) is 6.07 Å². The predicted octanol–water partition coefficient (Wildman–Crippen LogP) is 3.18. The first-order valence-electron chi connectivity index (χ1n) is 5.31. The van der Waals surface area contributed by atoms with Crippen LogP contribution in [0.2, 0.25) is 0 Å². The Morgan fingerprint density at radius 1 is 1.33 bits per heavy atom. The molecule has 1 aromatic heterocycles. The molecule has 18 heavy (non-hydrogen) atoms. The van der Waals surface area contributed by atoms with Crippen LogP contribution in [0.4, 0.5) is 0 Å². The number of carbonyl (C=O) groups excluding carboxylic acids is 1. The smallest absolute Gasteiger partial charge is 0.184 e. The zero-order valence-electron chi connectivity index (χ0n) is 9.38. The first kappa shape index (κ1) is 12.7. The summed E-state index contributed by atoms with van der Waals surface area (Å²) < 4.78 is 0.973. The quantitative estimate of drug-likeness (QED) is 0.632. The van der Waals surface area contributed by atoms with Crippen molar-refractivity contribution in [3.63, 3.8) is 0 Å². The lowest BCUT2D eigenvalue weighted by Gasteiger charge is -2.08. The number of benzene rings is 1. The maximum Gasteiger partial charge on any atom is 0.184 e. The second-order valence-corrected chi connectivity index (χ2v) is 4.97. The summed E-state index contributed by atoms with van der Waals surface area (Å²) in [4.78, 5) is 16.2. The lowest BCUT2D eigenvalue weighted by molar-refractivity contribution is 0.0978. The first-order valence-corrected chi connectivity index (χ1v) is 6.39. The van der Waals surface area contributed by atoms with Crippen molar-refractivity contribution in [2.24, 2.45) is 0 Å². The van der Waals surface area contributed by atoms with E-state index in [1.807, 2.05) is 18.2 Å². The maximum atomic E-state index is 12.3. The molecule has 3 nitrogen and oxygen atoms in total. The minimum atomic E-state index is -0.795. The van der Waals surface area contributed by atoms with E-state index in [4.69, 9.17) is 0 Å². The topological polar surface area (TPSA) is 53.8 Å². The van der Waals surface area contributed by atoms with Gasteiger partial charge in [-0.2, -0.15) is 5.26 Å². The molecule has 0 aliphatic rings. The van der Waals surface area contributed by atoms with Crippen molar-refractivity contribution < 1.29 is 4.79 Å². The van der Waals surface area contributed by atoms with Crippen LogP contribution in [0.25, 0.3) is 0 Å². The first-order chi connectivity index (χ1) is 8.72. The van der Waals surface area contributed by atoms with Gasteiger partial charge in [0.2, 0.25) is 0 Å². The van der Waals surface area contributed by atoms with E-state index < -0.39 is 5.92 Å². The summed E-state index contributed by atoms with van der Waals surface area (Å²) in [5, 5.41) is 9.18. The third-order valence-corrected chi connectivity index (χ3v) is 3.19. The van der Waals surface area contributed by atoms with Crippen molar-refractivity contribution in [2.75, 3.05) is 0 Å². The predicted molar refractivity (Wildman–Crippen MR) is 76.1 cm³/mol. The molecule has 0 aliphatic heterocycles. The van der Waals surface area contributed by atoms with Crippen LogP contribution in [0.15, 0.2) is 48.8 Å². The van der Waals surface area contributed by atoms with Crippen LogP contribution >= 0.6 is 22.6 Å². The molecule has 4 heteroatoms. The minimum Gasteiger partial charge on any atom is -0.292 e. The highest BCUT2D eigenvalue weighted by Gasteiger charge is 2.21. The fourth-order valence-corrected chi connectivity index (χ4v) is 2.18. The largest absolute Gasteiger partial charge is 0.292 e. The molecule has 0 radical (unpaired) electrons. The molecule has 1 atom stereocenters. The van der Waals surface area contributed by atoms with Crippen LogP contribution in [-0.4, -0.2) is 10.8 Å². The molecule has 1 aromatic carbocycles. The number of pyridine rings is 1. The van der Waals surface area contributed by atoms with Gasteiger partial charge in [-0.05, 0) is 46.4 Å². The van der Waals surface area contributed by atoms with E-state index in [0.29, 0.717) is 11.1 Å².